The van der Waals surface area contributed by atoms with E-state index in [9.17, 15) is 18.3 Å². The molecule has 0 aliphatic heterocycles. The van der Waals surface area contributed by atoms with Gasteiger partial charge in [-0.1, -0.05) is 18.2 Å². The number of aliphatic carboxylic acids is 1. The molecule has 1 unspecified atom stereocenters. The first kappa shape index (κ1) is 17.4. The Bertz CT molecular complexity index is 892. The Hall–Kier alpha value is -2.38. The van der Waals surface area contributed by atoms with Crippen LogP contribution in [0.1, 0.15) is 29.0 Å². The summed E-state index contributed by atoms with van der Waals surface area (Å²) >= 11 is 0. The average molecular weight is 360 g/mol. The number of nitrogens with one attached hydrogen (secondary N) is 1. The minimum absolute atomic E-state index is 0.0554. The number of benzene rings is 2. The molecule has 0 bridgehead atoms. The van der Waals surface area contributed by atoms with Gasteiger partial charge in [0, 0.05) is 12.2 Å². The maximum absolute atomic E-state index is 12.3. The van der Waals surface area contributed by atoms with Crippen molar-refractivity contribution in [1.29, 1.82) is 0 Å². The summed E-state index contributed by atoms with van der Waals surface area (Å²) < 4.78 is 27.1. The van der Waals surface area contributed by atoms with E-state index >= 15 is 0 Å². The molecule has 0 saturated carbocycles. The standard InChI is InChI=1S/C18H20N2O4S/c19-15-6-8-16(9-7-15)25(23,24)20-11-17(18(21)22)14-5-4-12-2-1-3-13(12)10-14/h4-10,17,20H,1-3,11,19H2,(H,21,22). The summed E-state index contributed by atoms with van der Waals surface area (Å²) in [5.74, 6) is -1.99. The molecule has 25 heavy (non-hydrogen) atoms. The van der Waals surface area contributed by atoms with E-state index in [1.807, 2.05) is 12.1 Å². The van der Waals surface area contributed by atoms with Gasteiger partial charge in [0.15, 0.2) is 0 Å². The molecule has 0 aromatic heterocycles. The molecule has 3 rings (SSSR count). The third-order valence-electron chi connectivity index (χ3n) is 4.49. The maximum atomic E-state index is 12.3. The Morgan fingerprint density at radius 2 is 1.80 bits per heavy atom. The van der Waals surface area contributed by atoms with Gasteiger partial charge in [-0.2, -0.15) is 0 Å². The number of carboxylic acid groups (broad SMARTS) is 1. The van der Waals surface area contributed by atoms with Crippen molar-refractivity contribution in [1.82, 2.24) is 4.72 Å². The second-order valence-electron chi connectivity index (χ2n) is 6.19. The number of rotatable bonds is 6. The third kappa shape index (κ3) is 3.83. The fourth-order valence-electron chi connectivity index (χ4n) is 3.08. The van der Waals surface area contributed by atoms with Gasteiger partial charge in [0.25, 0.3) is 0 Å². The van der Waals surface area contributed by atoms with Crippen LogP contribution in [0, 0.1) is 0 Å². The van der Waals surface area contributed by atoms with Crippen LogP contribution in [0.5, 0.6) is 0 Å². The SMILES string of the molecule is Nc1ccc(S(=O)(=O)NCC(C(=O)O)c2ccc3c(c2)CCC3)cc1. The van der Waals surface area contributed by atoms with Crippen LogP contribution in [0.4, 0.5) is 5.69 Å². The first-order valence-electron chi connectivity index (χ1n) is 8.06. The van der Waals surface area contributed by atoms with Crippen molar-refractivity contribution in [2.75, 3.05) is 12.3 Å². The highest BCUT2D eigenvalue weighted by Crippen LogP contribution is 2.26. The van der Waals surface area contributed by atoms with E-state index in [0.29, 0.717) is 11.3 Å². The summed E-state index contributed by atoms with van der Waals surface area (Å²) in [5.41, 5.74) is 9.04. The van der Waals surface area contributed by atoms with E-state index in [-0.39, 0.29) is 11.4 Å². The number of nitrogen functional groups attached to an aromatic ring is 1. The molecule has 6 nitrogen and oxygen atoms in total. The number of fused-ring (bicyclic) bond motifs is 1. The third-order valence-corrected chi connectivity index (χ3v) is 5.93. The van der Waals surface area contributed by atoms with Gasteiger partial charge in [-0.15, -0.1) is 0 Å². The van der Waals surface area contributed by atoms with E-state index < -0.39 is 21.9 Å². The highest BCUT2D eigenvalue weighted by Gasteiger charge is 2.24. The Morgan fingerprint density at radius 1 is 1.12 bits per heavy atom. The summed E-state index contributed by atoms with van der Waals surface area (Å²) in [6.45, 7) is -0.208. The molecule has 4 N–H and O–H groups in total. The van der Waals surface area contributed by atoms with Crippen molar-refractivity contribution < 1.29 is 18.3 Å². The lowest BCUT2D eigenvalue weighted by atomic mass is 9.96. The fourth-order valence-corrected chi connectivity index (χ4v) is 4.13. The number of anilines is 1. The zero-order valence-corrected chi connectivity index (χ0v) is 14.4. The minimum atomic E-state index is -3.79. The van der Waals surface area contributed by atoms with Crippen LogP contribution in [-0.4, -0.2) is 26.0 Å². The highest BCUT2D eigenvalue weighted by molar-refractivity contribution is 7.89. The van der Waals surface area contributed by atoms with Crippen molar-refractivity contribution in [3.63, 3.8) is 0 Å². The molecule has 1 aliphatic carbocycles. The number of sulfonamides is 1. The van der Waals surface area contributed by atoms with Crippen LogP contribution in [0.25, 0.3) is 0 Å². The molecule has 1 aliphatic rings. The highest BCUT2D eigenvalue weighted by atomic mass is 32.2. The monoisotopic (exact) mass is 360 g/mol. The van der Waals surface area contributed by atoms with Crippen LogP contribution in [0.3, 0.4) is 0 Å². The molecule has 132 valence electrons. The maximum Gasteiger partial charge on any atom is 0.312 e. The zero-order chi connectivity index (χ0) is 18.0. The normalized spacial score (nSPS) is 14.9. The molecule has 0 fully saturated rings. The van der Waals surface area contributed by atoms with Gasteiger partial charge in [0.1, 0.15) is 0 Å². The molecule has 1 atom stereocenters. The summed E-state index contributed by atoms with van der Waals surface area (Å²) in [7, 11) is -3.79. The molecule has 0 spiro atoms. The number of hydrogen-bond acceptors (Lipinski definition) is 4. The quantitative estimate of drug-likeness (QED) is 0.682. The lowest BCUT2D eigenvalue weighted by molar-refractivity contribution is -0.138. The Labute approximate surface area is 146 Å². The average Bonchev–Trinajstić information content (AvgIpc) is 3.02. The van der Waals surface area contributed by atoms with Crippen molar-refractivity contribution >= 4 is 21.7 Å². The van der Waals surface area contributed by atoms with Crippen molar-refractivity contribution in [3.05, 3.63) is 59.2 Å². The predicted molar refractivity (Wildman–Crippen MR) is 94.9 cm³/mol. The van der Waals surface area contributed by atoms with E-state index in [1.165, 1.54) is 29.8 Å². The predicted octanol–water partition coefficient (Wildman–Crippen LogP) is 1.90. The topological polar surface area (TPSA) is 109 Å². The first-order valence-corrected chi connectivity index (χ1v) is 9.55. The number of hydrogen-bond donors (Lipinski definition) is 3. The molecule has 0 amide bonds. The van der Waals surface area contributed by atoms with Gasteiger partial charge in [0.05, 0.1) is 10.8 Å². The van der Waals surface area contributed by atoms with Gasteiger partial charge in [-0.3, -0.25) is 4.79 Å². The van der Waals surface area contributed by atoms with Gasteiger partial charge in [0.2, 0.25) is 10.0 Å². The van der Waals surface area contributed by atoms with E-state index in [1.54, 1.807) is 6.07 Å². The molecule has 0 heterocycles. The molecule has 0 saturated heterocycles. The zero-order valence-electron chi connectivity index (χ0n) is 13.6. The van der Waals surface area contributed by atoms with Gasteiger partial charge < -0.3 is 10.8 Å². The molecular weight excluding hydrogens is 340 g/mol. The number of carbonyl (C=O) groups is 1. The van der Waals surface area contributed by atoms with Crippen LogP contribution in [0.2, 0.25) is 0 Å². The molecule has 2 aromatic carbocycles. The smallest absolute Gasteiger partial charge is 0.312 e. The number of carboxylic acids is 1. The summed E-state index contributed by atoms with van der Waals surface area (Å²) in [4.78, 5) is 11.7. The van der Waals surface area contributed by atoms with E-state index in [2.05, 4.69) is 4.72 Å². The van der Waals surface area contributed by atoms with Crippen LogP contribution >= 0.6 is 0 Å². The molecule has 7 heteroatoms. The number of aryl methyl sites for hydroxylation is 2. The minimum Gasteiger partial charge on any atom is -0.481 e. The van der Waals surface area contributed by atoms with Crippen LogP contribution in [-0.2, 0) is 27.7 Å². The Morgan fingerprint density at radius 3 is 2.48 bits per heavy atom. The second kappa shape index (κ2) is 6.85. The fraction of sp³-hybridized carbons (Fsp3) is 0.278. The largest absolute Gasteiger partial charge is 0.481 e. The lowest BCUT2D eigenvalue weighted by Gasteiger charge is -2.15. The van der Waals surface area contributed by atoms with Crippen molar-refractivity contribution in [2.45, 2.75) is 30.1 Å². The van der Waals surface area contributed by atoms with Gasteiger partial charge in [-0.05, 0) is 60.2 Å². The summed E-state index contributed by atoms with van der Waals surface area (Å²) in [5, 5.41) is 9.53. The van der Waals surface area contributed by atoms with Crippen LogP contribution < -0.4 is 10.5 Å². The second-order valence-corrected chi connectivity index (χ2v) is 7.96. The number of nitrogens with two attached hydrogens (primary N) is 1. The van der Waals surface area contributed by atoms with Gasteiger partial charge >= 0.3 is 5.97 Å². The summed E-state index contributed by atoms with van der Waals surface area (Å²) in [6.07, 6.45) is 3.02. The van der Waals surface area contributed by atoms with Crippen molar-refractivity contribution in [2.24, 2.45) is 0 Å². The lowest BCUT2D eigenvalue weighted by Crippen LogP contribution is -2.31. The van der Waals surface area contributed by atoms with Gasteiger partial charge in [-0.25, -0.2) is 13.1 Å². The Balaban J connectivity index is 1.78. The Kier molecular flexibility index (Phi) is 4.78. The van der Waals surface area contributed by atoms with E-state index in [4.69, 9.17) is 5.73 Å². The molecule has 0 radical (unpaired) electrons. The molecule has 2 aromatic rings. The van der Waals surface area contributed by atoms with E-state index in [0.717, 1.165) is 24.8 Å². The van der Waals surface area contributed by atoms with Crippen molar-refractivity contribution in [3.8, 4) is 0 Å². The van der Waals surface area contributed by atoms with Crippen LogP contribution in [0.15, 0.2) is 47.4 Å². The summed E-state index contributed by atoms with van der Waals surface area (Å²) in [6, 6.07) is 11.4. The first-order chi connectivity index (χ1) is 11.9. The molecular formula is C18H20N2O4S.